The number of carbonyl (C=O) groups excluding carboxylic acids is 2. The average Bonchev–Trinajstić information content (AvgIpc) is 2.96. The molecular weight excluding hydrogens is 328 g/mol. The second-order valence-corrected chi connectivity index (χ2v) is 6.46. The van der Waals surface area contributed by atoms with Crippen LogP contribution < -0.4 is 5.73 Å². The Morgan fingerprint density at radius 2 is 2.00 bits per heavy atom. The van der Waals surface area contributed by atoms with E-state index in [1.165, 1.54) is 0 Å². The maximum atomic E-state index is 12.8. The summed E-state index contributed by atoms with van der Waals surface area (Å²) in [6, 6.07) is 7.25. The largest absolute Gasteiger partial charge is 0.369 e. The monoisotopic (exact) mass is 346 g/mol. The molecule has 126 valence electrons. The lowest BCUT2D eigenvalue weighted by molar-refractivity contribution is -0.123. The quantitative estimate of drug-likeness (QED) is 0.924. The average molecular weight is 347 g/mol. The molecule has 1 aromatic heterocycles. The molecule has 1 saturated heterocycles. The lowest BCUT2D eigenvalue weighted by atomic mass is 9.97. The number of likely N-dealkylation sites (tertiary alicyclic amines) is 1. The smallest absolute Gasteiger partial charge is 0.257 e. The maximum absolute atomic E-state index is 12.8. The number of hydrogen-bond acceptors (Lipinski definition) is 3. The summed E-state index contributed by atoms with van der Waals surface area (Å²) in [6.45, 7) is 2.86. The Bertz CT molecular complexity index is 769. The number of benzene rings is 1. The molecule has 0 spiro atoms. The van der Waals surface area contributed by atoms with Crippen molar-refractivity contribution in [3.05, 3.63) is 46.7 Å². The van der Waals surface area contributed by atoms with Gasteiger partial charge in [-0.3, -0.25) is 9.59 Å². The molecule has 0 bridgehead atoms. The number of primary amides is 1. The Morgan fingerprint density at radius 3 is 2.67 bits per heavy atom. The molecule has 2 heterocycles. The second kappa shape index (κ2) is 6.65. The van der Waals surface area contributed by atoms with Crippen molar-refractivity contribution in [1.82, 2.24) is 14.7 Å². The van der Waals surface area contributed by atoms with Gasteiger partial charge in [0.25, 0.3) is 5.91 Å². The minimum absolute atomic E-state index is 0.112. The predicted octanol–water partition coefficient (Wildman–Crippen LogP) is 2.17. The van der Waals surface area contributed by atoms with E-state index in [2.05, 4.69) is 5.10 Å². The molecule has 2 amide bonds. The number of amides is 2. The van der Waals surface area contributed by atoms with E-state index in [1.54, 1.807) is 27.9 Å². The fraction of sp³-hybridized carbons (Fsp3) is 0.353. The molecule has 7 heteroatoms. The lowest BCUT2D eigenvalue weighted by Gasteiger charge is -2.31. The third-order valence-electron chi connectivity index (χ3n) is 4.42. The summed E-state index contributed by atoms with van der Waals surface area (Å²) in [6.07, 6.45) is 3.09. The number of piperidine rings is 1. The summed E-state index contributed by atoms with van der Waals surface area (Å²) in [5.41, 5.74) is 7.51. The number of carbonyl (C=O) groups is 2. The number of aromatic nitrogens is 2. The van der Waals surface area contributed by atoms with Crippen LogP contribution in [-0.4, -0.2) is 39.6 Å². The Hall–Kier alpha value is -2.34. The third-order valence-corrected chi connectivity index (χ3v) is 4.67. The number of hydrogen-bond donors (Lipinski definition) is 1. The normalized spacial score (nSPS) is 17.8. The van der Waals surface area contributed by atoms with E-state index >= 15 is 0 Å². The van der Waals surface area contributed by atoms with Gasteiger partial charge in [0.2, 0.25) is 5.91 Å². The Kier molecular flexibility index (Phi) is 4.57. The van der Waals surface area contributed by atoms with Crippen molar-refractivity contribution < 1.29 is 9.59 Å². The number of nitrogens with zero attached hydrogens (tertiary/aromatic N) is 3. The molecule has 1 atom stereocenters. The minimum Gasteiger partial charge on any atom is -0.369 e. The van der Waals surface area contributed by atoms with Gasteiger partial charge in [0, 0.05) is 18.1 Å². The van der Waals surface area contributed by atoms with Crippen molar-refractivity contribution in [3.63, 3.8) is 0 Å². The molecule has 1 unspecified atom stereocenters. The third kappa shape index (κ3) is 3.14. The zero-order valence-electron chi connectivity index (χ0n) is 13.4. The van der Waals surface area contributed by atoms with Crippen LogP contribution >= 0.6 is 11.6 Å². The molecule has 1 fully saturated rings. The van der Waals surface area contributed by atoms with Crippen LogP contribution in [0.25, 0.3) is 5.69 Å². The highest BCUT2D eigenvalue weighted by atomic mass is 35.5. The van der Waals surface area contributed by atoms with E-state index in [4.69, 9.17) is 17.3 Å². The van der Waals surface area contributed by atoms with Gasteiger partial charge in [0.15, 0.2) is 0 Å². The lowest BCUT2D eigenvalue weighted by Crippen LogP contribution is -2.44. The van der Waals surface area contributed by atoms with E-state index in [-0.39, 0.29) is 17.7 Å². The fourth-order valence-corrected chi connectivity index (χ4v) is 3.15. The highest BCUT2D eigenvalue weighted by Gasteiger charge is 2.29. The Balaban J connectivity index is 1.83. The van der Waals surface area contributed by atoms with Crippen LogP contribution in [0.3, 0.4) is 0 Å². The molecule has 2 aromatic rings. The van der Waals surface area contributed by atoms with E-state index in [1.807, 2.05) is 19.1 Å². The van der Waals surface area contributed by atoms with Gasteiger partial charge in [-0.1, -0.05) is 11.6 Å². The van der Waals surface area contributed by atoms with Gasteiger partial charge in [0.1, 0.15) is 0 Å². The maximum Gasteiger partial charge on any atom is 0.257 e. The molecule has 24 heavy (non-hydrogen) atoms. The Labute approximate surface area is 145 Å². The number of nitrogens with two attached hydrogens (primary N) is 1. The summed E-state index contributed by atoms with van der Waals surface area (Å²) in [7, 11) is 0. The van der Waals surface area contributed by atoms with E-state index in [9.17, 15) is 9.59 Å². The molecule has 0 aliphatic carbocycles. The van der Waals surface area contributed by atoms with Crippen LogP contribution in [0, 0.1) is 12.8 Å². The van der Waals surface area contributed by atoms with Crippen molar-refractivity contribution in [2.75, 3.05) is 13.1 Å². The summed E-state index contributed by atoms with van der Waals surface area (Å²) in [5.74, 6) is -0.728. The van der Waals surface area contributed by atoms with Crippen molar-refractivity contribution in [1.29, 1.82) is 0 Å². The van der Waals surface area contributed by atoms with E-state index in [0.29, 0.717) is 23.7 Å². The summed E-state index contributed by atoms with van der Waals surface area (Å²) in [5, 5.41) is 4.96. The first-order chi connectivity index (χ1) is 11.5. The van der Waals surface area contributed by atoms with Crippen molar-refractivity contribution in [2.24, 2.45) is 11.7 Å². The zero-order chi connectivity index (χ0) is 17.3. The summed E-state index contributed by atoms with van der Waals surface area (Å²) >= 11 is 5.91. The summed E-state index contributed by atoms with van der Waals surface area (Å²) in [4.78, 5) is 25.9. The molecule has 1 aliphatic heterocycles. The van der Waals surface area contributed by atoms with Crippen molar-refractivity contribution >= 4 is 23.4 Å². The molecule has 2 N–H and O–H groups in total. The van der Waals surface area contributed by atoms with Gasteiger partial charge in [-0.05, 0) is 44.0 Å². The summed E-state index contributed by atoms with van der Waals surface area (Å²) < 4.78 is 1.71. The first kappa shape index (κ1) is 16.5. The molecule has 1 aliphatic rings. The van der Waals surface area contributed by atoms with Crippen LogP contribution in [0.15, 0.2) is 30.5 Å². The molecule has 0 saturated carbocycles. The highest BCUT2D eigenvalue weighted by Crippen LogP contribution is 2.21. The molecule has 0 radical (unpaired) electrons. The fourth-order valence-electron chi connectivity index (χ4n) is 3.03. The van der Waals surface area contributed by atoms with E-state index in [0.717, 1.165) is 24.2 Å². The standard InChI is InChI=1S/C17H19ClN4O2/c1-11-15(9-20-22(11)14-6-4-13(18)5-7-14)17(24)21-8-2-3-12(10-21)16(19)23/h4-7,9,12H,2-3,8,10H2,1H3,(H2,19,23). The van der Waals surface area contributed by atoms with Crippen LogP contribution in [0.2, 0.25) is 5.02 Å². The predicted molar refractivity (Wildman–Crippen MR) is 91.1 cm³/mol. The number of rotatable bonds is 3. The molecular formula is C17H19ClN4O2. The first-order valence-electron chi connectivity index (χ1n) is 7.86. The van der Waals surface area contributed by atoms with E-state index < -0.39 is 0 Å². The van der Waals surface area contributed by atoms with Gasteiger partial charge < -0.3 is 10.6 Å². The van der Waals surface area contributed by atoms with Gasteiger partial charge in [-0.15, -0.1) is 0 Å². The second-order valence-electron chi connectivity index (χ2n) is 6.02. The highest BCUT2D eigenvalue weighted by molar-refractivity contribution is 6.30. The van der Waals surface area contributed by atoms with Gasteiger partial charge >= 0.3 is 0 Å². The Morgan fingerprint density at radius 1 is 1.29 bits per heavy atom. The van der Waals surface area contributed by atoms with Gasteiger partial charge in [0.05, 0.1) is 29.1 Å². The minimum atomic E-state index is -0.346. The van der Waals surface area contributed by atoms with Crippen LogP contribution in [0.4, 0.5) is 0 Å². The first-order valence-corrected chi connectivity index (χ1v) is 8.24. The van der Waals surface area contributed by atoms with Crippen LogP contribution in [0.1, 0.15) is 28.9 Å². The SMILES string of the molecule is Cc1c(C(=O)N2CCCC(C(N)=O)C2)cnn1-c1ccc(Cl)cc1. The molecule has 1 aromatic carbocycles. The topological polar surface area (TPSA) is 81.2 Å². The van der Waals surface area contributed by atoms with Crippen molar-refractivity contribution in [2.45, 2.75) is 19.8 Å². The molecule has 3 rings (SSSR count). The van der Waals surface area contributed by atoms with Crippen LogP contribution in [-0.2, 0) is 4.79 Å². The van der Waals surface area contributed by atoms with Crippen molar-refractivity contribution in [3.8, 4) is 5.69 Å². The molecule has 6 nitrogen and oxygen atoms in total. The van der Waals surface area contributed by atoms with Crippen LogP contribution in [0.5, 0.6) is 0 Å². The zero-order valence-corrected chi connectivity index (χ0v) is 14.2. The van der Waals surface area contributed by atoms with Gasteiger partial charge in [-0.2, -0.15) is 5.10 Å². The number of halogens is 1. The van der Waals surface area contributed by atoms with Gasteiger partial charge in [-0.25, -0.2) is 4.68 Å².